The number of hydrogen-bond donors (Lipinski definition) is 0. The van der Waals surface area contributed by atoms with Crippen molar-refractivity contribution in [1.29, 1.82) is 0 Å². The average Bonchev–Trinajstić information content (AvgIpc) is 3.27. The third-order valence-corrected chi connectivity index (χ3v) is 6.86. The Morgan fingerprint density at radius 1 is 0.900 bits per heavy atom. The van der Waals surface area contributed by atoms with E-state index < -0.39 is 54.3 Å². The quantitative estimate of drug-likeness (QED) is 0.313. The van der Waals surface area contributed by atoms with Crippen LogP contribution in [0.4, 0.5) is 0 Å². The van der Waals surface area contributed by atoms with Crippen LogP contribution < -0.4 is 0 Å². The molecular formula is C27H33N3. The van der Waals surface area contributed by atoms with Crippen molar-refractivity contribution < 1.29 is 17.8 Å². The van der Waals surface area contributed by atoms with E-state index in [-0.39, 0.29) is 45.3 Å². The van der Waals surface area contributed by atoms with Gasteiger partial charge in [0.25, 0.3) is 0 Å². The second kappa shape index (κ2) is 5.43. The summed E-state index contributed by atoms with van der Waals surface area (Å²) in [6.07, 6.45) is 0. The van der Waals surface area contributed by atoms with Crippen LogP contribution in [0.3, 0.4) is 0 Å². The van der Waals surface area contributed by atoms with Crippen LogP contribution in [0.15, 0.2) is 36.3 Å². The minimum Gasteiger partial charge on any atom is -0.279 e. The van der Waals surface area contributed by atoms with Gasteiger partial charge in [0, 0.05) is 23.1 Å². The zero-order valence-corrected chi connectivity index (χ0v) is 18.0. The van der Waals surface area contributed by atoms with E-state index in [4.69, 9.17) is 27.8 Å². The smallest absolute Gasteiger partial charge is 0.148 e. The average molecular weight is 413 g/mol. The lowest BCUT2D eigenvalue weighted by atomic mass is 9.59. The maximum Gasteiger partial charge on any atom is 0.148 e. The molecule has 3 heteroatoms. The molecule has 2 aromatic heterocycles. The predicted molar refractivity (Wildman–Crippen MR) is 127 cm³/mol. The van der Waals surface area contributed by atoms with Crippen LogP contribution in [-0.4, -0.2) is 14.4 Å². The molecule has 0 aliphatic heterocycles. The van der Waals surface area contributed by atoms with Crippen LogP contribution >= 0.6 is 0 Å². The lowest BCUT2D eigenvalue weighted by molar-refractivity contribution is 0.125. The third-order valence-electron chi connectivity index (χ3n) is 6.86. The Hall–Kier alpha value is -2.42. The Morgan fingerprint density at radius 3 is 2.27 bits per heavy atom. The molecule has 0 saturated carbocycles. The monoisotopic (exact) mass is 412 g/mol. The molecule has 1 unspecified atom stereocenters. The topological polar surface area (TPSA) is 30.2 Å². The molecule has 2 aromatic carbocycles. The highest BCUT2D eigenvalue weighted by molar-refractivity contribution is 5.97. The van der Waals surface area contributed by atoms with Crippen LogP contribution in [-0.2, 0) is 16.2 Å². The van der Waals surface area contributed by atoms with Crippen molar-refractivity contribution >= 4 is 27.6 Å². The van der Waals surface area contributed by atoms with Crippen LogP contribution in [0, 0.1) is 5.41 Å². The first-order valence-corrected chi connectivity index (χ1v) is 9.97. The molecule has 2 heterocycles. The first kappa shape index (κ1) is 9.80. The summed E-state index contributed by atoms with van der Waals surface area (Å²) in [6.45, 7) is 0.389. The molecular weight excluding hydrogens is 366 g/mol. The Balaban J connectivity index is 2.11. The second-order valence-corrected chi connectivity index (χ2v) is 10.1. The Labute approximate surface area is 197 Å². The van der Waals surface area contributed by atoms with Gasteiger partial charge in [-0.3, -0.25) is 4.40 Å². The van der Waals surface area contributed by atoms with E-state index in [2.05, 4.69) is 0 Å². The maximum absolute atomic E-state index is 8.65. The van der Waals surface area contributed by atoms with Gasteiger partial charge in [-0.15, -0.1) is 0 Å². The summed E-state index contributed by atoms with van der Waals surface area (Å²) in [6, 6.07) is 1.32. The fraction of sp³-hybridized carbons (Fsp3) is 0.481. The molecule has 0 radical (unpaired) electrons. The molecule has 0 N–H and O–H groups in total. The maximum atomic E-state index is 8.65. The van der Waals surface area contributed by atoms with Crippen molar-refractivity contribution in [3.63, 3.8) is 0 Å². The zero-order valence-electron chi connectivity index (χ0n) is 31.0. The van der Waals surface area contributed by atoms with E-state index in [0.29, 0.717) is 11.3 Å². The van der Waals surface area contributed by atoms with Gasteiger partial charge < -0.3 is 0 Å². The van der Waals surface area contributed by atoms with Gasteiger partial charge in [0.05, 0.1) is 22.0 Å². The van der Waals surface area contributed by atoms with Crippen LogP contribution in [0.2, 0.25) is 0 Å². The molecule has 4 aromatic rings. The van der Waals surface area contributed by atoms with Gasteiger partial charge in [-0.2, -0.15) is 0 Å². The normalized spacial score (nSPS) is 30.4. The van der Waals surface area contributed by atoms with Gasteiger partial charge in [0.15, 0.2) is 0 Å². The van der Waals surface area contributed by atoms with E-state index in [1.54, 1.807) is 24.3 Å². The minimum absolute atomic E-state index is 0.0147. The van der Waals surface area contributed by atoms with E-state index in [0.717, 1.165) is 0 Å². The highest BCUT2D eigenvalue weighted by atomic mass is 15.1. The highest BCUT2D eigenvalue weighted by Gasteiger charge is 2.57. The van der Waals surface area contributed by atoms with Crippen LogP contribution in [0.5, 0.6) is 0 Å². The van der Waals surface area contributed by atoms with Crippen molar-refractivity contribution in [1.82, 2.24) is 14.4 Å². The standard InChI is InChI=1S/C27H33N3/c1-24(2,3)23-29-19-13-11-10-12-16(19)22-28-20-14-17-18(15-21(20)30(22)23)26(6,7)27(8,9)25(17,4)5/h10-15H,1-9H3/i4D3,5D3,8D3,10D,11D,12D,13D. The van der Waals surface area contributed by atoms with E-state index in [9.17, 15) is 0 Å². The summed E-state index contributed by atoms with van der Waals surface area (Å²) >= 11 is 0. The largest absolute Gasteiger partial charge is 0.279 e. The Morgan fingerprint density at radius 2 is 1.60 bits per heavy atom. The van der Waals surface area contributed by atoms with Crippen molar-refractivity contribution in [3.8, 4) is 0 Å². The fourth-order valence-electron chi connectivity index (χ4n) is 4.55. The molecule has 5 rings (SSSR count). The van der Waals surface area contributed by atoms with Gasteiger partial charge in [-0.1, -0.05) is 74.2 Å². The zero-order chi connectivity index (χ0) is 32.8. The van der Waals surface area contributed by atoms with Crippen molar-refractivity contribution in [3.05, 3.63) is 53.3 Å². The lowest BCUT2D eigenvalue weighted by Gasteiger charge is -2.44. The number of rotatable bonds is 0. The number of fused-ring (bicyclic) bond motifs is 6. The number of aromatic nitrogens is 3. The summed E-state index contributed by atoms with van der Waals surface area (Å²) in [5, 5.41) is 0.0554. The predicted octanol–water partition coefficient (Wildman–Crippen LogP) is 6.93. The highest BCUT2D eigenvalue weighted by Crippen LogP contribution is 2.61. The Bertz CT molecular complexity index is 1840. The van der Waals surface area contributed by atoms with Crippen molar-refractivity contribution in [2.24, 2.45) is 5.41 Å². The third kappa shape index (κ3) is 2.16. The number of hydrogen-bond acceptors (Lipinski definition) is 2. The van der Waals surface area contributed by atoms with Gasteiger partial charge in [0.2, 0.25) is 0 Å². The number of imidazole rings is 1. The Kier molecular flexibility index (Phi) is 1.78. The molecule has 0 saturated heterocycles. The summed E-state index contributed by atoms with van der Waals surface area (Å²) in [5.41, 5.74) is -6.48. The number of nitrogens with zero attached hydrogens (tertiary/aromatic N) is 3. The molecule has 156 valence electrons. The SMILES string of the molecule is [2H]c1c([2H])c([2H])c2c(nc(C(C)(C)C)n3c4cc5c(cc4nc23)C(C([2H])([2H])[2H])(C([2H])([2H])[2H])C(C)(C([2H])([2H])[2H])C5(C)C)c1[2H]. The molecule has 0 spiro atoms. The summed E-state index contributed by atoms with van der Waals surface area (Å²) in [7, 11) is 0. The summed E-state index contributed by atoms with van der Waals surface area (Å²) < 4.78 is 113. The molecule has 0 fully saturated rings. The fourth-order valence-corrected chi connectivity index (χ4v) is 4.55. The molecule has 0 amide bonds. The van der Waals surface area contributed by atoms with Gasteiger partial charge in [0.1, 0.15) is 11.5 Å². The first-order valence-electron chi connectivity index (χ1n) is 16.5. The molecule has 0 bridgehead atoms. The van der Waals surface area contributed by atoms with Gasteiger partial charge >= 0.3 is 0 Å². The van der Waals surface area contributed by atoms with Crippen molar-refractivity contribution in [2.45, 2.75) is 78.3 Å². The first-order chi connectivity index (χ1) is 19.2. The van der Waals surface area contributed by atoms with Gasteiger partial charge in [-0.05, 0) is 51.6 Å². The molecule has 1 aliphatic rings. The number of para-hydroxylation sites is 1. The minimum atomic E-state index is -3.28. The molecule has 1 atom stereocenters. The second-order valence-electron chi connectivity index (χ2n) is 10.1. The number of benzene rings is 2. The van der Waals surface area contributed by atoms with Crippen molar-refractivity contribution in [2.75, 3.05) is 0 Å². The van der Waals surface area contributed by atoms with Gasteiger partial charge in [-0.25, -0.2) is 9.97 Å². The summed E-state index contributed by atoms with van der Waals surface area (Å²) in [4.78, 5) is 9.43. The van der Waals surface area contributed by atoms with E-state index in [1.165, 1.54) is 13.0 Å². The summed E-state index contributed by atoms with van der Waals surface area (Å²) in [5.74, 6) is 0.398. The molecule has 3 nitrogen and oxygen atoms in total. The lowest BCUT2D eigenvalue weighted by Crippen LogP contribution is -2.42. The van der Waals surface area contributed by atoms with E-state index in [1.807, 2.05) is 20.8 Å². The molecule has 30 heavy (non-hydrogen) atoms. The van der Waals surface area contributed by atoms with E-state index >= 15 is 0 Å². The molecule has 1 aliphatic carbocycles. The van der Waals surface area contributed by atoms with Crippen LogP contribution in [0.1, 0.15) is 96.9 Å². The van der Waals surface area contributed by atoms with Crippen LogP contribution in [0.25, 0.3) is 27.6 Å².